The average Bonchev–Trinajstić information content (AvgIpc) is 3.37. The maximum atomic E-state index is 12.8. The summed E-state index contributed by atoms with van der Waals surface area (Å²) >= 11 is 0. The molecule has 0 aromatic heterocycles. The summed E-state index contributed by atoms with van der Waals surface area (Å²) < 4.78 is 16.7. The maximum Gasteiger partial charge on any atom is 0.306 e. The number of hydrogen-bond donors (Lipinski definition) is 0. The molecule has 0 aromatic carbocycles. The van der Waals surface area contributed by atoms with Crippen molar-refractivity contribution in [2.45, 2.75) is 194 Å². The van der Waals surface area contributed by atoms with Crippen LogP contribution in [-0.2, 0) is 28.6 Å². The van der Waals surface area contributed by atoms with Gasteiger partial charge >= 0.3 is 17.9 Å². The van der Waals surface area contributed by atoms with E-state index in [0.29, 0.717) is 19.3 Å². The molecule has 0 aliphatic rings. The molecule has 0 bridgehead atoms. The van der Waals surface area contributed by atoms with Crippen LogP contribution in [0.15, 0.2) is 182 Å². The van der Waals surface area contributed by atoms with Crippen molar-refractivity contribution < 1.29 is 28.6 Å². The molecule has 6 heteroatoms. The Kier molecular flexibility index (Phi) is 52.7. The van der Waals surface area contributed by atoms with Gasteiger partial charge in [-0.05, 0) is 148 Å². The summed E-state index contributed by atoms with van der Waals surface area (Å²) in [5.41, 5.74) is 0. The van der Waals surface area contributed by atoms with Gasteiger partial charge in [0.25, 0.3) is 0 Å². The highest BCUT2D eigenvalue weighted by molar-refractivity contribution is 5.71. The van der Waals surface area contributed by atoms with E-state index in [4.69, 9.17) is 14.2 Å². The normalized spacial score (nSPS) is 13.6. The van der Waals surface area contributed by atoms with Crippen molar-refractivity contribution >= 4 is 17.9 Å². The summed E-state index contributed by atoms with van der Waals surface area (Å²) in [5, 5.41) is 0. The van der Waals surface area contributed by atoms with Crippen LogP contribution in [0.25, 0.3) is 0 Å². The third-order valence-corrected chi connectivity index (χ3v) is 10.4. The first-order valence-electron chi connectivity index (χ1n) is 27.3. The second-order valence-electron chi connectivity index (χ2n) is 17.0. The topological polar surface area (TPSA) is 78.9 Å². The summed E-state index contributed by atoms with van der Waals surface area (Å²) in [5.74, 6) is -1.10. The molecule has 1 atom stereocenters. The summed E-state index contributed by atoms with van der Waals surface area (Å²) in [6, 6.07) is 0. The fourth-order valence-corrected chi connectivity index (χ4v) is 6.41. The van der Waals surface area contributed by atoms with Crippen molar-refractivity contribution in [1.29, 1.82) is 0 Å². The number of rotatable bonds is 46. The summed E-state index contributed by atoms with van der Waals surface area (Å²) in [6.45, 7) is 6.14. The van der Waals surface area contributed by atoms with Crippen LogP contribution in [0.5, 0.6) is 0 Å². The van der Waals surface area contributed by atoms with Crippen LogP contribution in [-0.4, -0.2) is 37.2 Å². The summed E-state index contributed by atoms with van der Waals surface area (Å²) in [6.07, 6.45) is 86.0. The number of ether oxygens (including phenoxy) is 3. The van der Waals surface area contributed by atoms with Crippen molar-refractivity contribution in [3.05, 3.63) is 182 Å². The first-order valence-corrected chi connectivity index (χ1v) is 27.3. The van der Waals surface area contributed by atoms with E-state index in [1.54, 1.807) is 0 Å². The SMILES string of the molecule is CC/C=C\C/C=C\C/C=C\C/C=C\C/C=C\C/C=C\C/C=C\CCCC(=O)OCC(COC(=O)CCCC/C=C\C/C=C\C/C=C\C/C=C\CC)OC(=O)CCCC/C=C\C/C=C\C/C=C\C/C=C\CC. The fraction of sp³-hybridized carbons (Fsp3) is 0.492. The molecule has 0 aliphatic heterocycles. The predicted octanol–water partition coefficient (Wildman–Crippen LogP) is 18.5. The zero-order valence-electron chi connectivity index (χ0n) is 44.6. The molecule has 0 rings (SSSR count). The Hall–Kier alpha value is -5.49. The molecule has 71 heavy (non-hydrogen) atoms. The monoisotopic (exact) mass is 973 g/mol. The smallest absolute Gasteiger partial charge is 0.306 e. The number of allylic oxidation sites excluding steroid dienone is 30. The van der Waals surface area contributed by atoms with Gasteiger partial charge in [0.05, 0.1) is 0 Å². The van der Waals surface area contributed by atoms with Crippen molar-refractivity contribution in [1.82, 2.24) is 0 Å². The molecular formula is C65H96O6. The molecule has 0 aliphatic carbocycles. The number of carbonyl (C=O) groups excluding carboxylic acids is 3. The third-order valence-electron chi connectivity index (χ3n) is 10.4. The molecule has 0 aromatic rings. The van der Waals surface area contributed by atoms with Crippen LogP contribution in [0.3, 0.4) is 0 Å². The molecule has 0 saturated heterocycles. The van der Waals surface area contributed by atoms with E-state index >= 15 is 0 Å². The number of esters is 3. The van der Waals surface area contributed by atoms with Crippen LogP contribution in [0.4, 0.5) is 0 Å². The molecule has 0 saturated carbocycles. The molecule has 0 radical (unpaired) electrons. The van der Waals surface area contributed by atoms with E-state index < -0.39 is 6.10 Å². The summed E-state index contributed by atoms with van der Waals surface area (Å²) in [7, 11) is 0. The highest BCUT2D eigenvalue weighted by Gasteiger charge is 2.19. The van der Waals surface area contributed by atoms with E-state index in [2.05, 4.69) is 203 Å². The van der Waals surface area contributed by atoms with Gasteiger partial charge in [-0.25, -0.2) is 0 Å². The van der Waals surface area contributed by atoms with Crippen LogP contribution in [0.1, 0.15) is 188 Å². The van der Waals surface area contributed by atoms with Crippen LogP contribution >= 0.6 is 0 Å². The second-order valence-corrected chi connectivity index (χ2v) is 17.0. The maximum absolute atomic E-state index is 12.8. The molecule has 1 unspecified atom stereocenters. The Morgan fingerprint density at radius 2 is 0.507 bits per heavy atom. The molecule has 0 heterocycles. The van der Waals surface area contributed by atoms with Crippen molar-refractivity contribution in [3.63, 3.8) is 0 Å². The van der Waals surface area contributed by atoms with Crippen molar-refractivity contribution in [2.75, 3.05) is 13.2 Å². The number of hydrogen-bond acceptors (Lipinski definition) is 6. The Balaban J connectivity index is 4.63. The largest absolute Gasteiger partial charge is 0.462 e. The van der Waals surface area contributed by atoms with E-state index in [1.807, 2.05) is 0 Å². The summed E-state index contributed by atoms with van der Waals surface area (Å²) in [4.78, 5) is 38.1. The molecule has 0 N–H and O–H groups in total. The van der Waals surface area contributed by atoms with Gasteiger partial charge in [-0.15, -0.1) is 0 Å². The molecule has 0 spiro atoms. The molecule has 6 nitrogen and oxygen atoms in total. The Labute approximate surface area is 434 Å². The van der Waals surface area contributed by atoms with E-state index in [1.165, 1.54) is 0 Å². The zero-order chi connectivity index (χ0) is 51.4. The lowest BCUT2D eigenvalue weighted by Gasteiger charge is -2.18. The van der Waals surface area contributed by atoms with Gasteiger partial charge in [-0.2, -0.15) is 0 Å². The third kappa shape index (κ3) is 55.3. The Bertz CT molecular complexity index is 1730. The second kappa shape index (κ2) is 57.1. The van der Waals surface area contributed by atoms with Gasteiger partial charge in [0.15, 0.2) is 6.10 Å². The predicted molar refractivity (Wildman–Crippen MR) is 306 cm³/mol. The van der Waals surface area contributed by atoms with Gasteiger partial charge in [-0.1, -0.05) is 203 Å². The van der Waals surface area contributed by atoms with E-state index in [-0.39, 0.29) is 50.4 Å². The van der Waals surface area contributed by atoms with Gasteiger partial charge in [0, 0.05) is 19.3 Å². The van der Waals surface area contributed by atoms with Gasteiger partial charge in [0.1, 0.15) is 13.2 Å². The minimum Gasteiger partial charge on any atom is -0.462 e. The molecular weight excluding hydrogens is 877 g/mol. The van der Waals surface area contributed by atoms with E-state index in [9.17, 15) is 14.4 Å². The van der Waals surface area contributed by atoms with Crippen molar-refractivity contribution in [3.8, 4) is 0 Å². The zero-order valence-corrected chi connectivity index (χ0v) is 44.6. The minimum absolute atomic E-state index is 0.145. The van der Waals surface area contributed by atoms with Gasteiger partial charge in [0.2, 0.25) is 0 Å². The van der Waals surface area contributed by atoms with Gasteiger partial charge in [-0.3, -0.25) is 14.4 Å². The Morgan fingerprint density at radius 3 is 0.789 bits per heavy atom. The lowest BCUT2D eigenvalue weighted by Crippen LogP contribution is -2.30. The van der Waals surface area contributed by atoms with Crippen molar-refractivity contribution in [2.24, 2.45) is 0 Å². The number of carbonyl (C=O) groups is 3. The Morgan fingerprint density at radius 1 is 0.282 bits per heavy atom. The highest BCUT2D eigenvalue weighted by atomic mass is 16.6. The molecule has 0 amide bonds. The molecule has 0 fully saturated rings. The quantitative estimate of drug-likeness (QED) is 0.0262. The standard InChI is InChI=1S/C65H96O6/c1-4-7-10-13-16-19-22-25-28-29-30-31-32-33-34-35-38-40-43-46-49-52-55-58-64(67)70-61-62(71-65(68)59-56-53-50-47-44-41-37-27-24-21-18-15-12-9-6-3)60-69-63(66)57-54-51-48-45-42-39-36-26-23-20-17-14-11-8-5-2/h7-12,16-21,25-28,30-31,33-34,36-38,40,42,44-47,49,62H,4-6,13-15,22-24,29,32,35,39,41,43,48,50-61H2,1-3H3/b10-7-,11-8-,12-9-,19-16-,20-17-,21-18-,28-25-,31-30-,34-33-,36-26-,37-27-,40-38-,45-42-,47-44-,49-46-. The lowest BCUT2D eigenvalue weighted by atomic mass is 10.1. The fourth-order valence-electron chi connectivity index (χ4n) is 6.41. The average molecular weight is 973 g/mol. The lowest BCUT2D eigenvalue weighted by molar-refractivity contribution is -0.167. The van der Waals surface area contributed by atoms with E-state index in [0.717, 1.165) is 128 Å². The van der Waals surface area contributed by atoms with Gasteiger partial charge < -0.3 is 14.2 Å². The molecule has 392 valence electrons. The first-order chi connectivity index (χ1) is 35.0. The van der Waals surface area contributed by atoms with Crippen LogP contribution in [0, 0.1) is 0 Å². The first kappa shape index (κ1) is 65.5. The highest BCUT2D eigenvalue weighted by Crippen LogP contribution is 2.10. The van der Waals surface area contributed by atoms with Crippen LogP contribution < -0.4 is 0 Å². The van der Waals surface area contributed by atoms with Crippen LogP contribution in [0.2, 0.25) is 0 Å². The minimum atomic E-state index is -0.851. The number of unbranched alkanes of at least 4 members (excludes halogenated alkanes) is 5.